The minimum absolute atomic E-state index is 0.0344. The van der Waals surface area contributed by atoms with Gasteiger partial charge in [0, 0.05) is 24.7 Å². The summed E-state index contributed by atoms with van der Waals surface area (Å²) in [5.74, 6) is 0.251. The minimum Gasteiger partial charge on any atom is -0.472 e. The molecule has 0 aliphatic carbocycles. The first-order chi connectivity index (χ1) is 15.9. The normalized spacial score (nSPS) is 18.6. The Bertz CT molecular complexity index is 1210. The lowest BCUT2D eigenvalue weighted by atomic mass is 9.95. The van der Waals surface area contributed by atoms with Crippen LogP contribution in [0.3, 0.4) is 0 Å². The molecule has 4 rings (SSSR count). The molecular formula is C25H20Cl3N3O2. The molecule has 8 heteroatoms. The van der Waals surface area contributed by atoms with Gasteiger partial charge in [0.05, 0.1) is 38.3 Å². The van der Waals surface area contributed by atoms with E-state index >= 15 is 0 Å². The maximum atomic E-state index is 13.6. The number of likely N-dealkylation sites (tertiary alicyclic amines) is 1. The standard InChI is InChI=1S/C25H20Cl3N3O2/c1-15(33-24-9-7-19(26)13-30-24)23-11-18(16-6-8-21(27)22(28)10-16)14-31(23)25(32)20-5-3-2-4-17(20)12-29/h2-10,13,15,18,23H,11,14H2,1H3. The minimum atomic E-state index is -0.357. The van der Waals surface area contributed by atoms with Crippen molar-refractivity contribution in [2.24, 2.45) is 0 Å². The van der Waals surface area contributed by atoms with E-state index in [4.69, 9.17) is 39.5 Å². The number of nitrogens with zero attached hydrogens (tertiary/aromatic N) is 3. The molecule has 1 saturated heterocycles. The summed E-state index contributed by atoms with van der Waals surface area (Å²) in [7, 11) is 0. The molecule has 3 atom stereocenters. The molecule has 0 N–H and O–H groups in total. The maximum Gasteiger partial charge on any atom is 0.255 e. The Morgan fingerprint density at radius 1 is 1.15 bits per heavy atom. The Hall–Kier alpha value is -2.78. The molecular weight excluding hydrogens is 481 g/mol. The maximum absolute atomic E-state index is 13.6. The first-order valence-corrected chi connectivity index (χ1v) is 11.5. The SMILES string of the molecule is CC(Oc1ccc(Cl)cn1)C1CC(c2ccc(Cl)c(Cl)c2)CN1C(=O)c1ccccc1C#N. The Morgan fingerprint density at radius 2 is 1.94 bits per heavy atom. The van der Waals surface area contributed by atoms with Gasteiger partial charge in [0.1, 0.15) is 6.10 Å². The molecule has 3 aromatic rings. The van der Waals surface area contributed by atoms with Gasteiger partial charge >= 0.3 is 0 Å². The fourth-order valence-corrected chi connectivity index (χ4v) is 4.59. The van der Waals surface area contributed by atoms with Crippen molar-refractivity contribution in [1.29, 1.82) is 5.26 Å². The number of carbonyl (C=O) groups is 1. The van der Waals surface area contributed by atoms with Gasteiger partial charge in [-0.2, -0.15) is 5.26 Å². The van der Waals surface area contributed by atoms with Crippen molar-refractivity contribution >= 4 is 40.7 Å². The van der Waals surface area contributed by atoms with Gasteiger partial charge in [-0.3, -0.25) is 4.79 Å². The molecule has 3 unspecified atom stereocenters. The van der Waals surface area contributed by atoms with Crippen LogP contribution >= 0.6 is 34.8 Å². The molecule has 2 heterocycles. The summed E-state index contributed by atoms with van der Waals surface area (Å²) in [6.45, 7) is 2.37. The summed E-state index contributed by atoms with van der Waals surface area (Å²) in [6.07, 6.45) is 1.82. The highest BCUT2D eigenvalue weighted by Gasteiger charge is 2.40. The van der Waals surface area contributed by atoms with Gasteiger partial charge in [0.25, 0.3) is 5.91 Å². The van der Waals surface area contributed by atoms with Crippen LogP contribution < -0.4 is 4.74 Å². The molecule has 0 bridgehead atoms. The van der Waals surface area contributed by atoms with Gasteiger partial charge in [-0.15, -0.1) is 0 Å². The average molecular weight is 501 g/mol. The third-order valence-corrected chi connectivity index (χ3v) is 6.81. The van der Waals surface area contributed by atoms with Crippen molar-refractivity contribution in [2.45, 2.75) is 31.4 Å². The van der Waals surface area contributed by atoms with Gasteiger partial charge < -0.3 is 9.64 Å². The number of hydrogen-bond acceptors (Lipinski definition) is 4. The number of amides is 1. The number of ether oxygens (including phenoxy) is 1. The number of halogens is 3. The Morgan fingerprint density at radius 3 is 2.64 bits per heavy atom. The number of pyridine rings is 1. The zero-order valence-corrected chi connectivity index (χ0v) is 20.0. The zero-order chi connectivity index (χ0) is 23.5. The highest BCUT2D eigenvalue weighted by Crippen LogP contribution is 2.37. The van der Waals surface area contributed by atoms with E-state index in [0.717, 1.165) is 5.56 Å². The second-order valence-corrected chi connectivity index (χ2v) is 9.18. The summed E-state index contributed by atoms with van der Waals surface area (Å²) < 4.78 is 6.08. The van der Waals surface area contributed by atoms with Gasteiger partial charge in [-0.25, -0.2) is 4.98 Å². The van der Waals surface area contributed by atoms with E-state index in [-0.39, 0.29) is 24.0 Å². The topological polar surface area (TPSA) is 66.2 Å². The van der Waals surface area contributed by atoms with Crippen LogP contribution in [0.4, 0.5) is 0 Å². The number of hydrogen-bond donors (Lipinski definition) is 0. The molecule has 1 aliphatic heterocycles. The Balaban J connectivity index is 1.65. The van der Waals surface area contributed by atoms with E-state index in [1.807, 2.05) is 19.1 Å². The lowest BCUT2D eigenvalue weighted by Crippen LogP contribution is -2.44. The van der Waals surface area contributed by atoms with Crippen LogP contribution in [0.5, 0.6) is 5.88 Å². The van der Waals surface area contributed by atoms with Crippen molar-refractivity contribution in [1.82, 2.24) is 9.88 Å². The first-order valence-electron chi connectivity index (χ1n) is 10.4. The van der Waals surface area contributed by atoms with Crippen LogP contribution in [0.15, 0.2) is 60.8 Å². The molecule has 1 aliphatic rings. The Labute approximate surface area is 207 Å². The van der Waals surface area contributed by atoms with Crippen molar-refractivity contribution < 1.29 is 9.53 Å². The fourth-order valence-electron chi connectivity index (χ4n) is 4.18. The predicted octanol–water partition coefficient (Wildman–Crippen LogP) is 6.38. The van der Waals surface area contributed by atoms with Crippen molar-refractivity contribution in [3.8, 4) is 11.9 Å². The van der Waals surface area contributed by atoms with Crippen LogP contribution in [-0.2, 0) is 0 Å². The highest BCUT2D eigenvalue weighted by atomic mass is 35.5. The monoisotopic (exact) mass is 499 g/mol. The molecule has 0 spiro atoms. The molecule has 0 radical (unpaired) electrons. The van der Waals surface area contributed by atoms with Crippen LogP contribution in [0.1, 0.15) is 40.7 Å². The number of benzene rings is 2. The molecule has 168 valence electrons. The van der Waals surface area contributed by atoms with Crippen LogP contribution in [0.25, 0.3) is 0 Å². The summed E-state index contributed by atoms with van der Waals surface area (Å²) in [4.78, 5) is 19.6. The van der Waals surface area contributed by atoms with Crippen LogP contribution in [0.2, 0.25) is 15.1 Å². The van der Waals surface area contributed by atoms with E-state index < -0.39 is 0 Å². The van der Waals surface area contributed by atoms with E-state index in [2.05, 4.69) is 11.1 Å². The quantitative estimate of drug-likeness (QED) is 0.408. The highest BCUT2D eigenvalue weighted by molar-refractivity contribution is 6.42. The lowest BCUT2D eigenvalue weighted by molar-refractivity contribution is 0.0580. The Kier molecular flexibility index (Phi) is 7.09. The molecule has 1 aromatic heterocycles. The molecule has 0 saturated carbocycles. The van der Waals surface area contributed by atoms with E-state index in [9.17, 15) is 10.1 Å². The molecule has 1 amide bonds. The summed E-state index contributed by atoms with van der Waals surface area (Å²) >= 11 is 18.3. The van der Waals surface area contributed by atoms with Crippen molar-refractivity contribution in [3.05, 3.63) is 92.6 Å². The lowest BCUT2D eigenvalue weighted by Gasteiger charge is -2.29. The zero-order valence-electron chi connectivity index (χ0n) is 17.7. The third kappa shape index (κ3) is 5.09. The number of carbonyl (C=O) groups excluding carboxylic acids is 1. The second kappa shape index (κ2) is 10.0. The molecule has 1 fully saturated rings. The molecule has 33 heavy (non-hydrogen) atoms. The summed E-state index contributed by atoms with van der Waals surface area (Å²) in [6, 6.07) is 17.6. The van der Waals surface area contributed by atoms with Gasteiger partial charge in [-0.05, 0) is 49.2 Å². The van der Waals surface area contributed by atoms with Gasteiger partial charge in [0.15, 0.2) is 0 Å². The molecule has 5 nitrogen and oxygen atoms in total. The largest absolute Gasteiger partial charge is 0.472 e. The second-order valence-electron chi connectivity index (χ2n) is 7.93. The summed E-state index contributed by atoms with van der Waals surface area (Å²) in [5, 5.41) is 11.0. The van der Waals surface area contributed by atoms with Gasteiger partial charge in [-0.1, -0.05) is 53.0 Å². The predicted molar refractivity (Wildman–Crippen MR) is 129 cm³/mol. The van der Waals surface area contributed by atoms with Crippen LogP contribution in [-0.4, -0.2) is 34.5 Å². The smallest absolute Gasteiger partial charge is 0.255 e. The number of aromatic nitrogens is 1. The van der Waals surface area contributed by atoms with Crippen LogP contribution in [0, 0.1) is 11.3 Å². The van der Waals surface area contributed by atoms with E-state index in [0.29, 0.717) is 45.0 Å². The number of nitriles is 1. The third-order valence-electron chi connectivity index (χ3n) is 5.85. The average Bonchev–Trinajstić information content (AvgIpc) is 3.27. The summed E-state index contributed by atoms with van der Waals surface area (Å²) in [5.41, 5.74) is 1.71. The molecule has 2 aromatic carbocycles. The van der Waals surface area contributed by atoms with E-state index in [1.165, 1.54) is 6.20 Å². The van der Waals surface area contributed by atoms with E-state index in [1.54, 1.807) is 47.4 Å². The van der Waals surface area contributed by atoms with Crippen molar-refractivity contribution in [2.75, 3.05) is 6.54 Å². The number of rotatable bonds is 5. The van der Waals surface area contributed by atoms with Gasteiger partial charge in [0.2, 0.25) is 5.88 Å². The first kappa shape index (κ1) is 23.4. The van der Waals surface area contributed by atoms with Crippen molar-refractivity contribution in [3.63, 3.8) is 0 Å². The fraction of sp³-hybridized carbons (Fsp3) is 0.240.